The van der Waals surface area contributed by atoms with E-state index < -0.39 is 5.97 Å². The van der Waals surface area contributed by atoms with E-state index in [1.807, 2.05) is 13.0 Å². The van der Waals surface area contributed by atoms with E-state index in [9.17, 15) is 14.9 Å². The first-order valence-corrected chi connectivity index (χ1v) is 7.55. The maximum Gasteiger partial charge on any atom is 0.351 e. The van der Waals surface area contributed by atoms with Gasteiger partial charge in [0.05, 0.1) is 13.2 Å². The second kappa shape index (κ2) is 8.27. The van der Waals surface area contributed by atoms with E-state index >= 15 is 0 Å². The van der Waals surface area contributed by atoms with Crippen molar-refractivity contribution >= 4 is 29.1 Å². The lowest BCUT2D eigenvalue weighted by Crippen LogP contribution is -2.32. The largest absolute Gasteiger partial charge is 0.500 e. The van der Waals surface area contributed by atoms with Crippen molar-refractivity contribution in [3.8, 4) is 6.07 Å². The number of hydrogen-bond donors (Lipinski definition) is 0. The fourth-order valence-corrected chi connectivity index (χ4v) is 2.66. The first-order chi connectivity index (χ1) is 10.1. The maximum atomic E-state index is 12.2. The minimum absolute atomic E-state index is 0.149. The van der Waals surface area contributed by atoms with Gasteiger partial charge in [0.25, 0.3) is 5.56 Å². The Morgan fingerprint density at radius 1 is 1.43 bits per heavy atom. The number of esters is 1. The van der Waals surface area contributed by atoms with Gasteiger partial charge in [0, 0.05) is 6.54 Å². The monoisotopic (exact) mass is 310 g/mol. The normalized spacial score (nSPS) is 12.8. The fraction of sp³-hybridized carbons (Fsp3) is 0.500. The molecule has 6 nitrogen and oxygen atoms in total. The standard InChI is InChI=1S/C14H18N2O4S/c1-4-7-20-14(18)10(8-15)13-16(5-2)12(17)11(21-13)9-19-6-3/h9H,4-7H2,1-3H3. The van der Waals surface area contributed by atoms with Gasteiger partial charge in [-0.2, -0.15) is 5.26 Å². The summed E-state index contributed by atoms with van der Waals surface area (Å²) in [4.78, 5) is 24.1. The minimum atomic E-state index is -0.703. The molecular formula is C14H18N2O4S. The van der Waals surface area contributed by atoms with Crippen LogP contribution in [0.4, 0.5) is 0 Å². The molecule has 0 unspecified atom stereocenters. The van der Waals surface area contributed by atoms with Crippen molar-refractivity contribution < 1.29 is 14.3 Å². The molecule has 0 aliphatic rings. The number of carbonyl (C=O) groups excluding carboxylic acids is 1. The van der Waals surface area contributed by atoms with Gasteiger partial charge in [-0.25, -0.2) is 4.79 Å². The van der Waals surface area contributed by atoms with Crippen LogP contribution in [-0.2, 0) is 20.8 Å². The highest BCUT2D eigenvalue weighted by atomic mass is 32.1. The highest BCUT2D eigenvalue weighted by Crippen LogP contribution is 1.97. The highest BCUT2D eigenvalue weighted by Gasteiger charge is 2.16. The van der Waals surface area contributed by atoms with Crippen LogP contribution in [0.2, 0.25) is 0 Å². The van der Waals surface area contributed by atoms with Crippen molar-refractivity contribution in [3.63, 3.8) is 0 Å². The van der Waals surface area contributed by atoms with E-state index in [0.29, 0.717) is 28.8 Å². The van der Waals surface area contributed by atoms with Gasteiger partial charge in [-0.05, 0) is 20.3 Å². The molecule has 0 bridgehead atoms. The van der Waals surface area contributed by atoms with Gasteiger partial charge in [0.1, 0.15) is 21.5 Å². The number of nitrogens with zero attached hydrogens (tertiary/aromatic N) is 2. The Morgan fingerprint density at radius 3 is 2.67 bits per heavy atom. The van der Waals surface area contributed by atoms with E-state index in [4.69, 9.17) is 9.47 Å². The van der Waals surface area contributed by atoms with Gasteiger partial charge >= 0.3 is 5.97 Å². The molecule has 0 spiro atoms. The van der Waals surface area contributed by atoms with Crippen LogP contribution in [0.15, 0.2) is 4.79 Å². The molecule has 0 atom stereocenters. The number of aromatic nitrogens is 1. The summed E-state index contributed by atoms with van der Waals surface area (Å²) < 4.78 is 12.1. The third-order valence-electron chi connectivity index (χ3n) is 2.55. The number of carbonyl (C=O) groups is 1. The van der Waals surface area contributed by atoms with Crippen molar-refractivity contribution in [3.05, 3.63) is 19.5 Å². The molecule has 1 rings (SSSR count). The van der Waals surface area contributed by atoms with Crippen molar-refractivity contribution in [2.45, 2.75) is 33.7 Å². The second-order valence-electron chi connectivity index (χ2n) is 4.02. The zero-order valence-corrected chi connectivity index (χ0v) is 13.2. The lowest BCUT2D eigenvalue weighted by molar-refractivity contribution is -0.136. The zero-order chi connectivity index (χ0) is 15.8. The Hall–Kier alpha value is -2.07. The van der Waals surface area contributed by atoms with Crippen LogP contribution in [0.1, 0.15) is 27.2 Å². The van der Waals surface area contributed by atoms with Crippen LogP contribution in [0, 0.1) is 11.3 Å². The summed E-state index contributed by atoms with van der Waals surface area (Å²) >= 11 is 1.05. The minimum Gasteiger partial charge on any atom is -0.500 e. The van der Waals surface area contributed by atoms with Crippen molar-refractivity contribution in [1.82, 2.24) is 4.57 Å². The Morgan fingerprint density at radius 2 is 2.14 bits per heavy atom. The summed E-state index contributed by atoms with van der Waals surface area (Å²) in [7, 11) is 0. The van der Waals surface area contributed by atoms with Crippen LogP contribution in [0.5, 0.6) is 0 Å². The van der Waals surface area contributed by atoms with Gasteiger partial charge in [0.15, 0.2) is 5.57 Å². The van der Waals surface area contributed by atoms with Gasteiger partial charge < -0.3 is 9.47 Å². The summed E-state index contributed by atoms with van der Waals surface area (Å²) in [6.07, 6.45) is 2.02. The molecule has 0 aromatic carbocycles. The molecule has 7 heteroatoms. The smallest absolute Gasteiger partial charge is 0.351 e. The van der Waals surface area contributed by atoms with E-state index in [0.717, 1.165) is 11.3 Å². The van der Waals surface area contributed by atoms with Crippen molar-refractivity contribution in [2.24, 2.45) is 0 Å². The van der Waals surface area contributed by atoms with Gasteiger partial charge in [-0.3, -0.25) is 9.36 Å². The van der Waals surface area contributed by atoms with Crippen LogP contribution in [0.3, 0.4) is 0 Å². The molecule has 21 heavy (non-hydrogen) atoms. The highest BCUT2D eigenvalue weighted by molar-refractivity contribution is 7.07. The van der Waals surface area contributed by atoms with E-state index in [1.54, 1.807) is 13.8 Å². The molecule has 0 fully saturated rings. The molecule has 0 saturated heterocycles. The summed E-state index contributed by atoms with van der Waals surface area (Å²) in [6, 6.07) is 1.84. The third kappa shape index (κ3) is 3.95. The molecule has 114 valence electrons. The van der Waals surface area contributed by atoms with Crippen molar-refractivity contribution in [2.75, 3.05) is 13.2 Å². The Labute approximate surface area is 126 Å². The molecule has 0 aliphatic carbocycles. The average Bonchev–Trinajstić information content (AvgIpc) is 2.79. The Bertz CT molecular complexity index is 709. The molecule has 0 amide bonds. The van der Waals surface area contributed by atoms with Crippen LogP contribution >= 0.6 is 11.3 Å². The molecular weight excluding hydrogens is 292 g/mol. The van der Waals surface area contributed by atoms with E-state index in [1.165, 1.54) is 10.8 Å². The third-order valence-corrected chi connectivity index (χ3v) is 3.66. The van der Waals surface area contributed by atoms with Crippen LogP contribution in [-0.4, -0.2) is 23.8 Å². The van der Waals surface area contributed by atoms with Gasteiger partial charge in [0.2, 0.25) is 0 Å². The fourth-order valence-electron chi connectivity index (χ4n) is 1.58. The summed E-state index contributed by atoms with van der Waals surface area (Å²) in [6.45, 7) is 6.47. The summed E-state index contributed by atoms with van der Waals surface area (Å²) in [5.41, 5.74) is -0.425. The molecule has 1 aromatic rings. The van der Waals surface area contributed by atoms with E-state index in [-0.39, 0.29) is 17.7 Å². The molecule has 0 saturated carbocycles. The first kappa shape index (κ1) is 17.0. The molecule has 1 heterocycles. The Kier molecular flexibility index (Phi) is 6.69. The lowest BCUT2D eigenvalue weighted by atomic mass is 10.3. The molecule has 0 N–H and O–H groups in total. The molecule has 0 radical (unpaired) electrons. The first-order valence-electron chi connectivity index (χ1n) is 6.73. The average molecular weight is 310 g/mol. The number of nitriles is 1. The van der Waals surface area contributed by atoms with Crippen molar-refractivity contribution in [1.29, 1.82) is 5.26 Å². The van der Waals surface area contributed by atoms with Gasteiger partial charge in [-0.15, -0.1) is 11.3 Å². The number of ether oxygens (including phenoxy) is 2. The lowest BCUT2D eigenvalue weighted by Gasteiger charge is -2.01. The summed E-state index contributed by atoms with van der Waals surface area (Å²) in [5.74, 6) is -0.703. The van der Waals surface area contributed by atoms with Gasteiger partial charge in [-0.1, -0.05) is 6.92 Å². The topological polar surface area (TPSA) is 81.3 Å². The molecule has 1 aromatic heterocycles. The van der Waals surface area contributed by atoms with E-state index in [2.05, 4.69) is 0 Å². The predicted octanol–water partition coefficient (Wildman–Crippen LogP) is 0.332. The quantitative estimate of drug-likeness (QED) is 0.707. The predicted molar refractivity (Wildman–Crippen MR) is 79.9 cm³/mol. The number of rotatable bonds is 6. The second-order valence-corrected chi connectivity index (χ2v) is 5.05. The number of thiazole rings is 1. The van der Waals surface area contributed by atoms with Crippen LogP contribution in [0.25, 0.3) is 11.8 Å². The molecule has 0 aliphatic heterocycles. The SMILES string of the molecule is CCCOC(=O)C(C#N)=c1sc(=COCC)c(=O)n1CC. The maximum absolute atomic E-state index is 12.2. The van der Waals surface area contributed by atoms with Crippen LogP contribution < -0.4 is 14.8 Å². The summed E-state index contributed by atoms with van der Waals surface area (Å²) in [5, 5.41) is 9.21. The zero-order valence-electron chi connectivity index (χ0n) is 12.3. The number of hydrogen-bond acceptors (Lipinski definition) is 6. The Balaban J connectivity index is 3.52.